The first kappa shape index (κ1) is 9.94. The number of methoxy groups -OCH3 is 1. The second-order valence-electron chi connectivity index (χ2n) is 1.80. The Hall–Kier alpha value is -1.06. The highest BCUT2D eigenvalue weighted by Crippen LogP contribution is 1.93. The van der Waals surface area contributed by atoms with Crippen molar-refractivity contribution in [2.75, 3.05) is 13.7 Å². The summed E-state index contributed by atoms with van der Waals surface area (Å²) in [6, 6.07) is 0. The zero-order valence-electron chi connectivity index (χ0n) is 6.46. The summed E-state index contributed by atoms with van der Waals surface area (Å²) >= 11 is 0. The van der Waals surface area contributed by atoms with Crippen LogP contribution in [0, 0.1) is 6.92 Å². The summed E-state index contributed by atoms with van der Waals surface area (Å²) in [5.41, 5.74) is 0. The van der Waals surface area contributed by atoms with E-state index in [0.29, 0.717) is 0 Å². The monoisotopic (exact) mass is 159 g/mol. The molecule has 0 aromatic rings. The van der Waals surface area contributed by atoms with Crippen LogP contribution in [0.15, 0.2) is 0 Å². The summed E-state index contributed by atoms with van der Waals surface area (Å²) in [5.74, 6) is -0.837. The summed E-state index contributed by atoms with van der Waals surface area (Å²) in [6.45, 7) is 3.41. The van der Waals surface area contributed by atoms with Gasteiger partial charge in [-0.05, 0) is 6.92 Å². The fourth-order valence-corrected chi connectivity index (χ4v) is 0.492. The second-order valence-corrected chi connectivity index (χ2v) is 1.80. The fourth-order valence-electron chi connectivity index (χ4n) is 0.492. The maximum Gasteiger partial charge on any atom is 0.306 e. The van der Waals surface area contributed by atoms with Crippen LogP contribution < -0.4 is 0 Å². The van der Waals surface area contributed by atoms with Gasteiger partial charge in [0.1, 0.15) is 0 Å². The van der Waals surface area contributed by atoms with Gasteiger partial charge in [0, 0.05) is 0 Å². The van der Waals surface area contributed by atoms with E-state index in [1.165, 1.54) is 7.11 Å². The number of ether oxygens (including phenoxy) is 2. The molecular formula is C7H11O4. The van der Waals surface area contributed by atoms with E-state index in [-0.39, 0.29) is 19.4 Å². The number of hydrogen-bond acceptors (Lipinski definition) is 4. The molecule has 0 heterocycles. The van der Waals surface area contributed by atoms with Gasteiger partial charge >= 0.3 is 11.9 Å². The molecular weight excluding hydrogens is 148 g/mol. The lowest BCUT2D eigenvalue weighted by molar-refractivity contribution is -0.148. The van der Waals surface area contributed by atoms with E-state index >= 15 is 0 Å². The Balaban J connectivity index is 3.38. The average molecular weight is 159 g/mol. The molecule has 0 amide bonds. The van der Waals surface area contributed by atoms with Gasteiger partial charge in [-0.25, -0.2) is 0 Å². The summed E-state index contributed by atoms with van der Waals surface area (Å²) in [7, 11) is 1.27. The summed E-state index contributed by atoms with van der Waals surface area (Å²) in [5, 5.41) is 0. The molecule has 0 bridgehead atoms. The number of esters is 2. The Morgan fingerprint density at radius 2 is 1.82 bits per heavy atom. The number of hydrogen-bond donors (Lipinski definition) is 0. The van der Waals surface area contributed by atoms with E-state index in [0.717, 1.165) is 0 Å². The fraction of sp³-hybridized carbons (Fsp3) is 0.571. The molecule has 0 aliphatic carbocycles. The van der Waals surface area contributed by atoms with E-state index in [4.69, 9.17) is 0 Å². The van der Waals surface area contributed by atoms with Crippen molar-refractivity contribution < 1.29 is 19.1 Å². The predicted molar refractivity (Wildman–Crippen MR) is 37.6 cm³/mol. The molecule has 0 aromatic carbocycles. The quantitative estimate of drug-likeness (QED) is 0.554. The van der Waals surface area contributed by atoms with Crippen LogP contribution in [0.2, 0.25) is 0 Å². The molecule has 0 saturated heterocycles. The van der Waals surface area contributed by atoms with Crippen LogP contribution in [0.1, 0.15) is 12.8 Å². The van der Waals surface area contributed by atoms with Gasteiger partial charge in [-0.2, -0.15) is 0 Å². The van der Waals surface area contributed by atoms with Gasteiger partial charge in [0.2, 0.25) is 0 Å². The van der Waals surface area contributed by atoms with Crippen molar-refractivity contribution >= 4 is 11.9 Å². The Morgan fingerprint density at radius 3 is 2.27 bits per heavy atom. The van der Waals surface area contributed by atoms with Crippen LogP contribution in [-0.2, 0) is 19.1 Å². The summed E-state index contributed by atoms with van der Waals surface area (Å²) < 4.78 is 8.80. The topological polar surface area (TPSA) is 52.6 Å². The van der Waals surface area contributed by atoms with Crippen LogP contribution in [0.3, 0.4) is 0 Å². The highest BCUT2D eigenvalue weighted by molar-refractivity contribution is 5.77. The zero-order chi connectivity index (χ0) is 8.69. The Labute approximate surface area is 65.5 Å². The lowest BCUT2D eigenvalue weighted by atomic mass is 10.3. The van der Waals surface area contributed by atoms with Gasteiger partial charge in [-0.3, -0.25) is 9.59 Å². The van der Waals surface area contributed by atoms with Crippen LogP contribution in [0.25, 0.3) is 0 Å². The SMILES string of the molecule is [CH2]COC(=O)CCC(=O)OC. The van der Waals surface area contributed by atoms with Crippen molar-refractivity contribution in [2.24, 2.45) is 0 Å². The molecule has 4 heteroatoms. The Kier molecular flexibility index (Phi) is 5.15. The van der Waals surface area contributed by atoms with Crippen molar-refractivity contribution in [3.8, 4) is 0 Å². The average Bonchev–Trinajstić information content (AvgIpc) is 2.01. The van der Waals surface area contributed by atoms with Gasteiger partial charge in [0.25, 0.3) is 0 Å². The molecule has 0 aromatic heterocycles. The van der Waals surface area contributed by atoms with Gasteiger partial charge in [-0.1, -0.05) is 0 Å². The molecule has 4 nitrogen and oxygen atoms in total. The first-order chi connectivity index (χ1) is 5.20. The molecule has 0 unspecified atom stereocenters. The van der Waals surface area contributed by atoms with E-state index in [2.05, 4.69) is 16.4 Å². The van der Waals surface area contributed by atoms with Crippen LogP contribution in [-0.4, -0.2) is 25.7 Å². The van der Waals surface area contributed by atoms with Gasteiger partial charge in [0.05, 0.1) is 26.6 Å². The highest BCUT2D eigenvalue weighted by atomic mass is 16.5. The summed E-state index contributed by atoms with van der Waals surface area (Å²) in [6.07, 6.45) is 0.123. The molecule has 0 rings (SSSR count). The van der Waals surface area contributed by atoms with Gasteiger partial charge in [0.15, 0.2) is 0 Å². The Bertz CT molecular complexity index is 141. The van der Waals surface area contributed by atoms with E-state index in [1.807, 2.05) is 0 Å². The lowest BCUT2D eigenvalue weighted by Gasteiger charge is -1.99. The third-order valence-electron chi connectivity index (χ3n) is 1.02. The van der Waals surface area contributed by atoms with Crippen LogP contribution in [0.4, 0.5) is 0 Å². The van der Waals surface area contributed by atoms with Crippen molar-refractivity contribution in [3.63, 3.8) is 0 Å². The minimum atomic E-state index is -0.426. The number of carbonyl (C=O) groups excluding carboxylic acids is 2. The molecule has 0 aliphatic heterocycles. The molecule has 0 spiro atoms. The van der Waals surface area contributed by atoms with Crippen molar-refractivity contribution in [2.45, 2.75) is 12.8 Å². The standard InChI is InChI=1S/C7H11O4/c1-3-11-7(9)5-4-6(8)10-2/h1,3-5H2,2H3. The third-order valence-corrected chi connectivity index (χ3v) is 1.02. The predicted octanol–water partition coefficient (Wildman–Crippen LogP) is 0.317. The molecule has 0 aliphatic rings. The minimum absolute atomic E-state index is 0.0577. The largest absolute Gasteiger partial charge is 0.469 e. The smallest absolute Gasteiger partial charge is 0.306 e. The molecule has 0 fully saturated rings. The first-order valence-electron chi connectivity index (χ1n) is 3.22. The van der Waals surface area contributed by atoms with E-state index in [1.54, 1.807) is 0 Å². The van der Waals surface area contributed by atoms with Crippen molar-refractivity contribution in [1.82, 2.24) is 0 Å². The van der Waals surface area contributed by atoms with Crippen LogP contribution in [0.5, 0.6) is 0 Å². The normalized spacial score (nSPS) is 8.91. The van der Waals surface area contributed by atoms with Crippen molar-refractivity contribution in [3.05, 3.63) is 6.92 Å². The van der Waals surface area contributed by atoms with Crippen molar-refractivity contribution in [1.29, 1.82) is 0 Å². The summed E-state index contributed by atoms with van der Waals surface area (Å²) in [4.78, 5) is 21.1. The van der Waals surface area contributed by atoms with Gasteiger partial charge in [-0.15, -0.1) is 0 Å². The maximum atomic E-state index is 10.6. The third kappa shape index (κ3) is 5.39. The highest BCUT2D eigenvalue weighted by Gasteiger charge is 2.06. The van der Waals surface area contributed by atoms with Gasteiger partial charge < -0.3 is 9.47 Å². The van der Waals surface area contributed by atoms with E-state index in [9.17, 15) is 9.59 Å². The molecule has 0 saturated carbocycles. The maximum absolute atomic E-state index is 10.6. The lowest BCUT2D eigenvalue weighted by Crippen LogP contribution is -2.08. The number of rotatable bonds is 4. The zero-order valence-corrected chi connectivity index (χ0v) is 6.46. The molecule has 1 radical (unpaired) electrons. The minimum Gasteiger partial charge on any atom is -0.469 e. The second kappa shape index (κ2) is 5.70. The molecule has 63 valence electrons. The van der Waals surface area contributed by atoms with Crippen LogP contribution >= 0.6 is 0 Å². The Morgan fingerprint density at radius 1 is 1.27 bits per heavy atom. The molecule has 0 N–H and O–H groups in total. The van der Waals surface area contributed by atoms with E-state index < -0.39 is 11.9 Å². The number of carbonyl (C=O) groups is 2. The molecule has 0 atom stereocenters. The molecule has 11 heavy (non-hydrogen) atoms. The first-order valence-corrected chi connectivity index (χ1v) is 3.22.